The van der Waals surface area contributed by atoms with Gasteiger partial charge in [-0.3, -0.25) is 0 Å². The van der Waals surface area contributed by atoms with Crippen LogP contribution in [0.2, 0.25) is 0 Å². The summed E-state index contributed by atoms with van der Waals surface area (Å²) in [7, 11) is 1.65. The van der Waals surface area contributed by atoms with Gasteiger partial charge in [-0.2, -0.15) is 5.10 Å². The summed E-state index contributed by atoms with van der Waals surface area (Å²) in [4.78, 5) is 0. The fourth-order valence-electron chi connectivity index (χ4n) is 3.26. The number of aryl methyl sites for hydroxylation is 1. The largest absolute Gasteiger partial charge is 0.493 e. The number of hydrogen-bond donors (Lipinski definition) is 2. The summed E-state index contributed by atoms with van der Waals surface area (Å²) < 4.78 is 13.9. The number of methoxy groups -OCH3 is 1. The van der Waals surface area contributed by atoms with Crippen LogP contribution in [0.25, 0.3) is 11.4 Å². The van der Waals surface area contributed by atoms with E-state index in [0.29, 0.717) is 29.4 Å². The predicted octanol–water partition coefficient (Wildman–Crippen LogP) is 5.25. The van der Waals surface area contributed by atoms with E-state index in [1.54, 1.807) is 11.8 Å². The van der Waals surface area contributed by atoms with Crippen molar-refractivity contribution in [3.63, 3.8) is 0 Å². The first-order valence-electron chi connectivity index (χ1n) is 9.96. The molecule has 0 atom stereocenters. The number of hydrogen-bond acceptors (Lipinski definition) is 5. The van der Waals surface area contributed by atoms with E-state index in [1.165, 1.54) is 5.56 Å². The molecule has 4 rings (SSSR count). The van der Waals surface area contributed by atoms with Gasteiger partial charge in [0.15, 0.2) is 17.3 Å². The summed E-state index contributed by atoms with van der Waals surface area (Å²) in [5.74, 6) is 2.13. The minimum absolute atomic E-state index is 0.491. The molecule has 4 aromatic rings. The number of H-pyrrole nitrogens is 1. The van der Waals surface area contributed by atoms with Crippen molar-refractivity contribution in [3.05, 3.63) is 94.3 Å². The van der Waals surface area contributed by atoms with Crippen molar-refractivity contribution in [2.75, 3.05) is 12.5 Å². The average molecular weight is 433 g/mol. The Morgan fingerprint density at radius 3 is 2.55 bits per heavy atom. The third kappa shape index (κ3) is 4.78. The summed E-state index contributed by atoms with van der Waals surface area (Å²) in [5, 5.41) is 7.19. The standard InChI is InChI=1S/C24H24N4O2S/c1-17-8-6-7-11-20(17)16-30-21-13-12-18(14-22(21)29-2)15-25-28-23(26-27-24(28)31)19-9-4-3-5-10-19/h3-14,25H,15-16H2,1-2H3,(H,27,31). The molecule has 2 N–H and O–H groups in total. The number of nitrogens with zero attached hydrogens (tertiary/aromatic N) is 2. The van der Waals surface area contributed by atoms with E-state index >= 15 is 0 Å². The molecule has 0 bridgehead atoms. The number of aromatic nitrogens is 3. The third-order valence-electron chi connectivity index (χ3n) is 5.02. The van der Waals surface area contributed by atoms with E-state index in [2.05, 4.69) is 34.7 Å². The van der Waals surface area contributed by atoms with Crippen molar-refractivity contribution in [3.8, 4) is 22.9 Å². The molecule has 6 nitrogen and oxygen atoms in total. The highest BCUT2D eigenvalue weighted by Gasteiger charge is 2.10. The van der Waals surface area contributed by atoms with Crippen LogP contribution in [-0.4, -0.2) is 22.0 Å². The fourth-order valence-corrected chi connectivity index (χ4v) is 3.46. The molecular formula is C24H24N4O2S. The molecule has 1 aromatic heterocycles. The van der Waals surface area contributed by atoms with Gasteiger partial charge in [0.1, 0.15) is 6.61 Å². The van der Waals surface area contributed by atoms with Crippen molar-refractivity contribution < 1.29 is 9.47 Å². The maximum absolute atomic E-state index is 6.01. The van der Waals surface area contributed by atoms with Crippen LogP contribution in [0.3, 0.4) is 0 Å². The van der Waals surface area contributed by atoms with Gasteiger partial charge in [0.2, 0.25) is 4.77 Å². The lowest BCUT2D eigenvalue weighted by molar-refractivity contribution is 0.283. The van der Waals surface area contributed by atoms with E-state index in [0.717, 1.165) is 22.5 Å². The molecule has 0 aliphatic carbocycles. The zero-order valence-corrected chi connectivity index (χ0v) is 18.3. The van der Waals surface area contributed by atoms with Gasteiger partial charge < -0.3 is 14.9 Å². The number of ether oxygens (including phenoxy) is 2. The second-order valence-electron chi connectivity index (χ2n) is 7.09. The predicted molar refractivity (Wildman–Crippen MR) is 124 cm³/mol. The molecule has 0 saturated carbocycles. The fraction of sp³-hybridized carbons (Fsp3) is 0.167. The van der Waals surface area contributed by atoms with E-state index in [4.69, 9.17) is 21.7 Å². The van der Waals surface area contributed by atoms with Crippen molar-refractivity contribution in [2.45, 2.75) is 20.1 Å². The molecule has 31 heavy (non-hydrogen) atoms. The summed E-state index contributed by atoms with van der Waals surface area (Å²) in [5.41, 5.74) is 7.69. The Labute approximate surface area is 186 Å². The average Bonchev–Trinajstić information content (AvgIpc) is 3.18. The molecule has 0 aliphatic rings. The highest BCUT2D eigenvalue weighted by molar-refractivity contribution is 7.71. The van der Waals surface area contributed by atoms with Gasteiger partial charge in [-0.15, -0.1) is 0 Å². The van der Waals surface area contributed by atoms with Crippen molar-refractivity contribution >= 4 is 12.2 Å². The molecule has 3 aromatic carbocycles. The van der Waals surface area contributed by atoms with Gasteiger partial charge in [-0.05, 0) is 48.0 Å². The van der Waals surface area contributed by atoms with E-state index in [9.17, 15) is 0 Å². The second kappa shape index (κ2) is 9.49. The first-order valence-corrected chi connectivity index (χ1v) is 10.4. The van der Waals surface area contributed by atoms with Gasteiger partial charge in [0.25, 0.3) is 0 Å². The quantitative estimate of drug-likeness (QED) is 0.373. The lowest BCUT2D eigenvalue weighted by Crippen LogP contribution is -2.16. The van der Waals surface area contributed by atoms with E-state index < -0.39 is 0 Å². The summed E-state index contributed by atoms with van der Waals surface area (Å²) >= 11 is 5.39. The maximum atomic E-state index is 6.01. The van der Waals surface area contributed by atoms with Crippen LogP contribution in [-0.2, 0) is 13.2 Å². The second-order valence-corrected chi connectivity index (χ2v) is 7.48. The van der Waals surface area contributed by atoms with Gasteiger partial charge in [-0.1, -0.05) is 60.7 Å². The van der Waals surface area contributed by atoms with Crippen LogP contribution in [0, 0.1) is 11.7 Å². The van der Waals surface area contributed by atoms with Gasteiger partial charge in [-0.25, -0.2) is 9.77 Å². The minimum Gasteiger partial charge on any atom is -0.493 e. The molecule has 0 amide bonds. The van der Waals surface area contributed by atoms with E-state index in [-0.39, 0.29) is 0 Å². The Morgan fingerprint density at radius 1 is 1.00 bits per heavy atom. The van der Waals surface area contributed by atoms with Gasteiger partial charge in [0.05, 0.1) is 13.7 Å². The van der Waals surface area contributed by atoms with Gasteiger partial charge in [0, 0.05) is 5.56 Å². The van der Waals surface area contributed by atoms with Crippen LogP contribution >= 0.6 is 12.2 Å². The Bertz CT molecular complexity index is 1220. The molecule has 0 saturated heterocycles. The smallest absolute Gasteiger partial charge is 0.214 e. The van der Waals surface area contributed by atoms with Crippen LogP contribution in [0.15, 0.2) is 72.8 Å². The number of nitrogens with one attached hydrogen (secondary N) is 2. The molecule has 0 fully saturated rings. The highest BCUT2D eigenvalue weighted by Crippen LogP contribution is 2.29. The van der Waals surface area contributed by atoms with E-state index in [1.807, 2.05) is 60.7 Å². The summed E-state index contributed by atoms with van der Waals surface area (Å²) in [6, 6.07) is 24.0. The Balaban J connectivity index is 1.48. The molecule has 1 heterocycles. The van der Waals surface area contributed by atoms with Crippen molar-refractivity contribution in [1.29, 1.82) is 0 Å². The Kier molecular flexibility index (Phi) is 6.33. The number of rotatable bonds is 8. The number of benzene rings is 3. The van der Waals surface area contributed by atoms with Crippen LogP contribution < -0.4 is 14.9 Å². The lowest BCUT2D eigenvalue weighted by atomic mass is 10.1. The first-order chi connectivity index (χ1) is 15.2. The molecule has 0 radical (unpaired) electrons. The summed E-state index contributed by atoms with van der Waals surface area (Å²) in [6.45, 7) is 3.11. The highest BCUT2D eigenvalue weighted by atomic mass is 32.1. The zero-order valence-electron chi connectivity index (χ0n) is 17.5. The molecule has 158 valence electrons. The van der Waals surface area contributed by atoms with Crippen molar-refractivity contribution in [2.24, 2.45) is 0 Å². The van der Waals surface area contributed by atoms with Crippen LogP contribution in [0.4, 0.5) is 0 Å². The minimum atomic E-state index is 0.491. The summed E-state index contributed by atoms with van der Waals surface area (Å²) in [6.07, 6.45) is 0. The van der Waals surface area contributed by atoms with Crippen molar-refractivity contribution in [1.82, 2.24) is 14.9 Å². The van der Waals surface area contributed by atoms with Gasteiger partial charge >= 0.3 is 0 Å². The molecule has 0 unspecified atom stereocenters. The SMILES string of the molecule is COc1cc(CNn2c(-c3ccccc3)n[nH]c2=S)ccc1OCc1ccccc1C. The van der Waals surface area contributed by atoms with Crippen LogP contribution in [0.5, 0.6) is 11.5 Å². The van der Waals surface area contributed by atoms with Crippen LogP contribution in [0.1, 0.15) is 16.7 Å². The maximum Gasteiger partial charge on any atom is 0.214 e. The molecule has 7 heteroatoms. The molecule has 0 aliphatic heterocycles. The topological polar surface area (TPSA) is 64.1 Å². The Morgan fingerprint density at radius 2 is 1.77 bits per heavy atom. The number of aromatic amines is 1. The molecule has 0 spiro atoms. The lowest BCUT2D eigenvalue weighted by Gasteiger charge is -2.14. The zero-order chi connectivity index (χ0) is 21.6. The Hall–Kier alpha value is -3.58. The molecular weight excluding hydrogens is 408 g/mol. The normalized spacial score (nSPS) is 10.6. The monoisotopic (exact) mass is 432 g/mol. The third-order valence-corrected chi connectivity index (χ3v) is 5.29. The first kappa shape index (κ1) is 20.7.